The van der Waals surface area contributed by atoms with Gasteiger partial charge in [-0.1, -0.05) is 11.2 Å². The summed E-state index contributed by atoms with van der Waals surface area (Å²) >= 11 is 0. The maximum Gasteiger partial charge on any atom is 0.257 e. The minimum Gasteiger partial charge on any atom is -0.334 e. The van der Waals surface area contributed by atoms with E-state index in [1.807, 2.05) is 14.0 Å². The lowest BCUT2D eigenvalue weighted by atomic mass is 10.2. The van der Waals surface area contributed by atoms with Crippen LogP contribution in [0.25, 0.3) is 11.5 Å². The van der Waals surface area contributed by atoms with Gasteiger partial charge in [0.15, 0.2) is 5.82 Å². The van der Waals surface area contributed by atoms with E-state index in [0.717, 1.165) is 6.07 Å². The molecule has 1 aromatic carbocycles. The van der Waals surface area contributed by atoms with Crippen LogP contribution < -0.4 is 10.0 Å². The van der Waals surface area contributed by atoms with Crippen LogP contribution in [0.15, 0.2) is 40.3 Å². The van der Waals surface area contributed by atoms with Crippen LogP contribution in [0.4, 0.5) is 4.39 Å². The molecule has 0 amide bonds. The number of nitrogens with zero attached hydrogens (tertiary/aromatic N) is 2. The molecule has 0 bridgehead atoms. The van der Waals surface area contributed by atoms with Crippen molar-refractivity contribution in [1.82, 2.24) is 20.2 Å². The molecule has 0 aliphatic heterocycles. The van der Waals surface area contributed by atoms with Gasteiger partial charge >= 0.3 is 0 Å². The van der Waals surface area contributed by atoms with Crippen molar-refractivity contribution < 1.29 is 17.3 Å². The molecule has 0 saturated heterocycles. The van der Waals surface area contributed by atoms with E-state index in [-0.39, 0.29) is 30.9 Å². The topological polar surface area (TPSA) is 97.1 Å². The van der Waals surface area contributed by atoms with Gasteiger partial charge in [0.1, 0.15) is 10.7 Å². The Bertz CT molecular complexity index is 826. The van der Waals surface area contributed by atoms with E-state index >= 15 is 0 Å². The molecule has 7 nitrogen and oxygen atoms in total. The Balaban J connectivity index is 0.00000312. The smallest absolute Gasteiger partial charge is 0.257 e. The number of benzene rings is 1. The maximum absolute atomic E-state index is 13.9. The molecule has 1 atom stereocenters. The second-order valence-electron chi connectivity index (χ2n) is 5.20. The Morgan fingerprint density at radius 1 is 1.44 bits per heavy atom. The Kier molecular flexibility index (Phi) is 7.68. The number of halogens is 2. The van der Waals surface area contributed by atoms with Gasteiger partial charge in [-0.15, -0.1) is 19.0 Å². The molecule has 138 valence electrons. The van der Waals surface area contributed by atoms with Gasteiger partial charge in [0.2, 0.25) is 10.0 Å². The van der Waals surface area contributed by atoms with E-state index in [0.29, 0.717) is 17.8 Å². The summed E-state index contributed by atoms with van der Waals surface area (Å²) in [5, 5.41) is 6.90. The van der Waals surface area contributed by atoms with Crippen LogP contribution in [0.2, 0.25) is 0 Å². The van der Waals surface area contributed by atoms with E-state index in [1.165, 1.54) is 18.2 Å². The van der Waals surface area contributed by atoms with Crippen LogP contribution in [-0.4, -0.2) is 38.2 Å². The standard InChI is InChI=1S/C15H19FN4O3S.ClH/c1-4-7-18-24(21,22)13-9-11(5-6-12(13)16)15-19-14(20-23-15)8-10(2)17-3;/h4-6,9-10,17-18H,1,7-8H2,2-3H3;1H. The molecule has 0 saturated carbocycles. The van der Waals surface area contributed by atoms with E-state index < -0.39 is 20.7 Å². The van der Waals surface area contributed by atoms with E-state index in [1.54, 1.807) is 0 Å². The van der Waals surface area contributed by atoms with Crippen molar-refractivity contribution in [2.24, 2.45) is 0 Å². The molecule has 1 aromatic heterocycles. The van der Waals surface area contributed by atoms with Crippen molar-refractivity contribution in [3.63, 3.8) is 0 Å². The van der Waals surface area contributed by atoms with Crippen molar-refractivity contribution in [2.75, 3.05) is 13.6 Å². The zero-order chi connectivity index (χ0) is 17.7. The molecule has 10 heteroatoms. The number of aromatic nitrogens is 2. The number of hydrogen-bond acceptors (Lipinski definition) is 6. The Morgan fingerprint density at radius 3 is 2.80 bits per heavy atom. The minimum atomic E-state index is -4.00. The summed E-state index contributed by atoms with van der Waals surface area (Å²) in [7, 11) is -2.18. The fourth-order valence-electron chi connectivity index (χ4n) is 1.92. The maximum atomic E-state index is 13.9. The summed E-state index contributed by atoms with van der Waals surface area (Å²) in [6.45, 7) is 5.38. The van der Waals surface area contributed by atoms with E-state index in [2.05, 4.69) is 26.8 Å². The molecule has 2 aromatic rings. The van der Waals surface area contributed by atoms with Gasteiger partial charge in [0.25, 0.3) is 5.89 Å². The zero-order valence-electron chi connectivity index (χ0n) is 13.8. The second-order valence-corrected chi connectivity index (χ2v) is 6.93. The van der Waals surface area contributed by atoms with Crippen LogP contribution in [0.3, 0.4) is 0 Å². The monoisotopic (exact) mass is 390 g/mol. The highest BCUT2D eigenvalue weighted by atomic mass is 35.5. The molecular formula is C15H20ClFN4O3S. The third-order valence-corrected chi connectivity index (χ3v) is 4.77. The average molecular weight is 391 g/mol. The summed E-state index contributed by atoms with van der Waals surface area (Å²) in [6, 6.07) is 3.76. The predicted molar refractivity (Wildman–Crippen MR) is 94.6 cm³/mol. The van der Waals surface area contributed by atoms with Crippen LogP contribution in [-0.2, 0) is 16.4 Å². The van der Waals surface area contributed by atoms with Gasteiger partial charge in [-0.2, -0.15) is 4.98 Å². The fourth-order valence-corrected chi connectivity index (χ4v) is 3.02. The van der Waals surface area contributed by atoms with Crippen LogP contribution in [0.1, 0.15) is 12.7 Å². The van der Waals surface area contributed by atoms with Gasteiger partial charge in [0.05, 0.1) is 0 Å². The lowest BCUT2D eigenvalue weighted by molar-refractivity contribution is 0.418. The first-order valence-corrected chi connectivity index (χ1v) is 8.76. The van der Waals surface area contributed by atoms with Crippen LogP contribution in [0, 0.1) is 5.82 Å². The highest BCUT2D eigenvalue weighted by molar-refractivity contribution is 7.89. The third kappa shape index (κ3) is 5.33. The SMILES string of the molecule is C=CCNS(=O)(=O)c1cc(-c2nc(CC(C)NC)no2)ccc1F.Cl. The van der Waals surface area contributed by atoms with Crippen molar-refractivity contribution in [3.8, 4) is 11.5 Å². The fraction of sp³-hybridized carbons (Fsp3) is 0.333. The first-order chi connectivity index (χ1) is 11.4. The number of rotatable bonds is 8. The highest BCUT2D eigenvalue weighted by Gasteiger charge is 2.21. The van der Waals surface area contributed by atoms with Gasteiger partial charge in [0, 0.05) is 24.6 Å². The largest absolute Gasteiger partial charge is 0.334 e. The first kappa shape index (κ1) is 21.2. The first-order valence-electron chi connectivity index (χ1n) is 7.27. The number of nitrogens with one attached hydrogen (secondary N) is 2. The Hall–Kier alpha value is -1.81. The highest BCUT2D eigenvalue weighted by Crippen LogP contribution is 2.23. The molecular weight excluding hydrogens is 371 g/mol. The molecule has 0 spiro atoms. The van der Waals surface area contributed by atoms with Crippen molar-refractivity contribution in [3.05, 3.63) is 42.5 Å². The Morgan fingerprint density at radius 2 is 2.16 bits per heavy atom. The average Bonchev–Trinajstić information content (AvgIpc) is 3.01. The van der Waals surface area contributed by atoms with Crippen molar-refractivity contribution >= 4 is 22.4 Å². The van der Waals surface area contributed by atoms with Crippen LogP contribution >= 0.6 is 12.4 Å². The molecule has 1 heterocycles. The third-order valence-electron chi connectivity index (χ3n) is 3.34. The summed E-state index contributed by atoms with van der Waals surface area (Å²) in [5.41, 5.74) is 0.325. The number of hydrogen-bond donors (Lipinski definition) is 2. The van der Waals surface area contributed by atoms with Gasteiger partial charge in [-0.05, 0) is 32.2 Å². The molecule has 0 aliphatic rings. The summed E-state index contributed by atoms with van der Waals surface area (Å²) in [6.07, 6.45) is 1.92. The van der Waals surface area contributed by atoms with Crippen LogP contribution in [0.5, 0.6) is 0 Å². The normalized spacial score (nSPS) is 12.4. The molecule has 0 fully saturated rings. The van der Waals surface area contributed by atoms with Gasteiger partial charge < -0.3 is 9.84 Å². The van der Waals surface area contributed by atoms with Gasteiger partial charge in [-0.25, -0.2) is 17.5 Å². The quantitative estimate of drug-likeness (QED) is 0.668. The molecule has 0 radical (unpaired) electrons. The molecule has 0 aliphatic carbocycles. The summed E-state index contributed by atoms with van der Waals surface area (Å²) < 4.78 is 45.5. The predicted octanol–water partition coefficient (Wildman–Crippen LogP) is 1.91. The number of likely N-dealkylation sites (N-methyl/N-ethyl adjacent to an activating group) is 1. The molecule has 25 heavy (non-hydrogen) atoms. The summed E-state index contributed by atoms with van der Waals surface area (Å²) in [4.78, 5) is 3.73. The summed E-state index contributed by atoms with van der Waals surface area (Å²) in [5.74, 6) is -0.252. The number of sulfonamides is 1. The molecule has 2 N–H and O–H groups in total. The molecule has 2 rings (SSSR count). The Labute approximate surface area is 152 Å². The van der Waals surface area contributed by atoms with Crippen molar-refractivity contribution in [2.45, 2.75) is 24.3 Å². The minimum absolute atomic E-state index is 0. The second kappa shape index (κ2) is 9.04. The van der Waals surface area contributed by atoms with Crippen molar-refractivity contribution in [1.29, 1.82) is 0 Å². The van der Waals surface area contributed by atoms with E-state index in [4.69, 9.17) is 4.52 Å². The zero-order valence-corrected chi connectivity index (χ0v) is 15.5. The lowest BCUT2D eigenvalue weighted by Gasteiger charge is -2.07. The lowest BCUT2D eigenvalue weighted by Crippen LogP contribution is -2.24. The molecule has 1 unspecified atom stereocenters. The van der Waals surface area contributed by atoms with E-state index in [9.17, 15) is 12.8 Å². The van der Waals surface area contributed by atoms with Gasteiger partial charge in [-0.3, -0.25) is 0 Å².